The van der Waals surface area contributed by atoms with E-state index >= 15 is 0 Å². The molecule has 120 valence electrons. The average molecular weight is 322 g/mol. The molecule has 0 bridgehead atoms. The van der Waals surface area contributed by atoms with E-state index in [1.165, 1.54) is 0 Å². The van der Waals surface area contributed by atoms with Gasteiger partial charge in [0.05, 0.1) is 16.7 Å². The van der Waals surface area contributed by atoms with Crippen LogP contribution in [-0.2, 0) is 14.6 Å². The molecule has 0 spiro atoms. The zero-order chi connectivity index (χ0) is 15.7. The number of amides is 1. The van der Waals surface area contributed by atoms with Crippen LogP contribution in [0.1, 0.15) is 43.7 Å². The van der Waals surface area contributed by atoms with Crippen LogP contribution in [0.2, 0.25) is 0 Å². The standard InChI is InChI=1S/C16H22N2O3S/c17-12-5-3-4-11(10-12)16(19)18-14-8-9-22(20,21)15-7-2-1-6-13(14)15/h1-2,6-7,11-12,14H,3-5,8-10,17H2,(H,18,19). The van der Waals surface area contributed by atoms with Crippen molar-refractivity contribution in [3.05, 3.63) is 29.8 Å². The van der Waals surface area contributed by atoms with E-state index in [9.17, 15) is 13.2 Å². The Morgan fingerprint density at radius 1 is 1.18 bits per heavy atom. The van der Waals surface area contributed by atoms with Gasteiger partial charge in [-0.25, -0.2) is 8.42 Å². The average Bonchev–Trinajstić information content (AvgIpc) is 2.50. The monoisotopic (exact) mass is 322 g/mol. The van der Waals surface area contributed by atoms with Gasteiger partial charge < -0.3 is 11.1 Å². The smallest absolute Gasteiger partial charge is 0.223 e. The Hall–Kier alpha value is -1.40. The molecule has 1 aromatic carbocycles. The van der Waals surface area contributed by atoms with Gasteiger partial charge in [-0.05, 0) is 37.3 Å². The maximum atomic E-state index is 12.5. The number of nitrogens with one attached hydrogen (secondary N) is 1. The van der Waals surface area contributed by atoms with Crippen LogP contribution in [0, 0.1) is 5.92 Å². The third kappa shape index (κ3) is 3.03. The van der Waals surface area contributed by atoms with Crippen molar-refractivity contribution in [2.45, 2.75) is 49.1 Å². The predicted molar refractivity (Wildman–Crippen MR) is 83.9 cm³/mol. The molecule has 3 atom stereocenters. The minimum Gasteiger partial charge on any atom is -0.349 e. The Morgan fingerprint density at radius 3 is 2.73 bits per heavy atom. The summed E-state index contributed by atoms with van der Waals surface area (Å²) in [7, 11) is -3.22. The highest BCUT2D eigenvalue weighted by Gasteiger charge is 2.33. The lowest BCUT2D eigenvalue weighted by Crippen LogP contribution is -2.41. The number of sulfone groups is 1. The number of carbonyl (C=O) groups is 1. The Bertz CT molecular complexity index is 672. The van der Waals surface area contributed by atoms with Crippen molar-refractivity contribution in [3.63, 3.8) is 0 Å². The molecule has 6 heteroatoms. The van der Waals surface area contributed by atoms with Crippen LogP contribution in [0.3, 0.4) is 0 Å². The molecule has 1 aliphatic carbocycles. The van der Waals surface area contributed by atoms with Gasteiger partial charge in [-0.2, -0.15) is 0 Å². The summed E-state index contributed by atoms with van der Waals surface area (Å²) in [6.07, 6.45) is 3.98. The van der Waals surface area contributed by atoms with Crippen LogP contribution in [0.5, 0.6) is 0 Å². The third-order valence-electron chi connectivity index (χ3n) is 4.71. The first-order valence-electron chi connectivity index (χ1n) is 7.85. The summed E-state index contributed by atoms with van der Waals surface area (Å²) in [6, 6.07) is 6.84. The van der Waals surface area contributed by atoms with Gasteiger partial charge in [-0.1, -0.05) is 24.6 Å². The molecule has 0 saturated heterocycles. The molecule has 22 heavy (non-hydrogen) atoms. The SMILES string of the molecule is NC1CCCC(C(=O)NC2CCS(=O)(=O)c3ccccc32)C1. The van der Waals surface area contributed by atoms with Gasteiger partial charge in [0, 0.05) is 12.0 Å². The molecule has 1 aliphatic heterocycles. The second kappa shape index (κ2) is 6.01. The summed E-state index contributed by atoms with van der Waals surface area (Å²) >= 11 is 0. The highest BCUT2D eigenvalue weighted by molar-refractivity contribution is 7.91. The molecule has 1 amide bonds. The van der Waals surface area contributed by atoms with Crippen LogP contribution in [-0.4, -0.2) is 26.1 Å². The van der Waals surface area contributed by atoms with Crippen LogP contribution < -0.4 is 11.1 Å². The summed E-state index contributed by atoms with van der Waals surface area (Å²) in [5, 5.41) is 3.04. The van der Waals surface area contributed by atoms with Gasteiger partial charge in [-0.3, -0.25) is 4.79 Å². The van der Waals surface area contributed by atoms with Crippen LogP contribution in [0.15, 0.2) is 29.2 Å². The van der Waals surface area contributed by atoms with Gasteiger partial charge in [0.15, 0.2) is 9.84 Å². The lowest BCUT2D eigenvalue weighted by atomic mass is 9.85. The molecule has 2 aliphatic rings. The molecular weight excluding hydrogens is 300 g/mol. The lowest BCUT2D eigenvalue weighted by Gasteiger charge is -2.30. The Balaban J connectivity index is 1.77. The van der Waals surface area contributed by atoms with Gasteiger partial charge >= 0.3 is 0 Å². The summed E-state index contributed by atoms with van der Waals surface area (Å²) in [5.41, 5.74) is 6.66. The van der Waals surface area contributed by atoms with E-state index in [-0.39, 0.29) is 29.7 Å². The zero-order valence-corrected chi connectivity index (χ0v) is 13.3. The van der Waals surface area contributed by atoms with Crippen LogP contribution >= 0.6 is 0 Å². The molecule has 1 aromatic rings. The first-order chi connectivity index (χ1) is 10.5. The summed E-state index contributed by atoms with van der Waals surface area (Å²) in [4.78, 5) is 12.8. The van der Waals surface area contributed by atoms with Crippen molar-refractivity contribution in [2.75, 3.05) is 5.75 Å². The van der Waals surface area contributed by atoms with Crippen molar-refractivity contribution < 1.29 is 13.2 Å². The molecule has 0 radical (unpaired) electrons. The second-order valence-electron chi connectivity index (χ2n) is 6.33. The fourth-order valence-corrected chi connectivity index (χ4v) is 5.12. The predicted octanol–water partition coefficient (Wildman–Crippen LogP) is 1.54. The number of benzene rings is 1. The number of rotatable bonds is 2. The van der Waals surface area contributed by atoms with Crippen molar-refractivity contribution in [1.82, 2.24) is 5.32 Å². The van der Waals surface area contributed by atoms with Gasteiger partial charge in [0.2, 0.25) is 5.91 Å². The first-order valence-corrected chi connectivity index (χ1v) is 9.50. The number of nitrogens with two attached hydrogens (primary N) is 1. The molecule has 0 aromatic heterocycles. The zero-order valence-electron chi connectivity index (χ0n) is 12.5. The Kier molecular flexibility index (Phi) is 4.23. The summed E-state index contributed by atoms with van der Waals surface area (Å²) < 4.78 is 24.2. The topological polar surface area (TPSA) is 89.3 Å². The van der Waals surface area contributed by atoms with E-state index < -0.39 is 9.84 Å². The van der Waals surface area contributed by atoms with E-state index in [1.807, 2.05) is 6.07 Å². The van der Waals surface area contributed by atoms with Crippen molar-refractivity contribution >= 4 is 15.7 Å². The molecule has 1 fully saturated rings. The second-order valence-corrected chi connectivity index (χ2v) is 8.41. The van der Waals surface area contributed by atoms with Crippen molar-refractivity contribution in [3.8, 4) is 0 Å². The van der Waals surface area contributed by atoms with E-state index in [0.717, 1.165) is 25.7 Å². The van der Waals surface area contributed by atoms with Gasteiger partial charge in [0.1, 0.15) is 0 Å². The van der Waals surface area contributed by atoms with Gasteiger partial charge in [-0.15, -0.1) is 0 Å². The minimum absolute atomic E-state index is 0.00857. The first kappa shape index (κ1) is 15.5. The third-order valence-corrected chi connectivity index (χ3v) is 6.52. The van der Waals surface area contributed by atoms with Crippen LogP contribution in [0.4, 0.5) is 0 Å². The quantitative estimate of drug-likeness (QED) is 0.864. The van der Waals surface area contributed by atoms with E-state index in [2.05, 4.69) is 5.32 Å². The maximum absolute atomic E-state index is 12.5. The Labute approximate surface area is 131 Å². The Morgan fingerprint density at radius 2 is 1.95 bits per heavy atom. The van der Waals surface area contributed by atoms with Crippen LogP contribution in [0.25, 0.3) is 0 Å². The normalized spacial score (nSPS) is 30.3. The van der Waals surface area contributed by atoms with E-state index in [4.69, 9.17) is 5.73 Å². The van der Waals surface area contributed by atoms with Crippen molar-refractivity contribution in [2.24, 2.45) is 11.7 Å². The minimum atomic E-state index is -3.22. The molecule has 1 saturated carbocycles. The molecule has 5 nitrogen and oxygen atoms in total. The summed E-state index contributed by atoms with van der Waals surface area (Å²) in [6.45, 7) is 0. The number of carbonyl (C=O) groups excluding carboxylic acids is 1. The van der Waals surface area contributed by atoms with Crippen molar-refractivity contribution in [1.29, 1.82) is 0 Å². The fourth-order valence-electron chi connectivity index (χ4n) is 3.50. The largest absolute Gasteiger partial charge is 0.349 e. The van der Waals surface area contributed by atoms with E-state index in [1.54, 1.807) is 18.2 Å². The summed E-state index contributed by atoms with van der Waals surface area (Å²) in [5.74, 6) is 0.0442. The molecule has 3 unspecified atom stereocenters. The number of hydrogen-bond donors (Lipinski definition) is 2. The molecule has 3 N–H and O–H groups in total. The lowest BCUT2D eigenvalue weighted by molar-refractivity contribution is -0.126. The maximum Gasteiger partial charge on any atom is 0.223 e. The van der Waals surface area contributed by atoms with Gasteiger partial charge in [0.25, 0.3) is 0 Å². The molecular formula is C16H22N2O3S. The van der Waals surface area contributed by atoms with E-state index in [0.29, 0.717) is 16.9 Å². The molecule has 1 heterocycles. The highest BCUT2D eigenvalue weighted by atomic mass is 32.2. The molecule has 3 rings (SSSR count). The number of fused-ring (bicyclic) bond motifs is 1. The number of hydrogen-bond acceptors (Lipinski definition) is 4. The fraction of sp³-hybridized carbons (Fsp3) is 0.562. The highest BCUT2D eigenvalue weighted by Crippen LogP contribution is 2.33.